The third-order valence-corrected chi connectivity index (χ3v) is 6.22. The highest BCUT2D eigenvalue weighted by atomic mass is 15.2. The molecule has 0 spiro atoms. The molecule has 0 unspecified atom stereocenters. The topological polar surface area (TPSA) is 17.6 Å². The fourth-order valence-corrected chi connectivity index (χ4v) is 5.50. The van der Waals surface area contributed by atoms with Crippen LogP contribution in [0.2, 0.25) is 11.6 Å². The van der Waals surface area contributed by atoms with Crippen LogP contribution >= 0.6 is 0 Å². The summed E-state index contributed by atoms with van der Waals surface area (Å²) in [6.45, 7) is 0. The fraction of sp³-hybridized carbons (Fsp3) is 0.625. The van der Waals surface area contributed by atoms with Gasteiger partial charge in [-0.05, 0) is 0 Å². The van der Waals surface area contributed by atoms with E-state index < -0.39 is 6.42 Å². The quantitative estimate of drug-likeness (QED) is 0.750. The minimum atomic E-state index is -0.726. The van der Waals surface area contributed by atoms with Crippen LogP contribution in [0.3, 0.4) is 0 Å². The van der Waals surface area contributed by atoms with Crippen molar-refractivity contribution < 1.29 is 8.96 Å². The largest absolute Gasteiger partial charge is 0.393 e. The summed E-state index contributed by atoms with van der Waals surface area (Å²) in [5, 5.41) is 0. The number of imidazole rings is 2. The average molecular weight is 285 g/mol. The van der Waals surface area contributed by atoms with Gasteiger partial charge < -0.3 is 8.96 Å². The van der Waals surface area contributed by atoms with E-state index in [9.17, 15) is 0 Å². The molecule has 0 radical (unpaired) electrons. The van der Waals surface area contributed by atoms with Gasteiger partial charge in [0.25, 0.3) is 0 Å². The summed E-state index contributed by atoms with van der Waals surface area (Å²) in [6.07, 6.45) is 21.3. The lowest BCUT2D eigenvalue weighted by Crippen LogP contribution is -2.86. The molecule has 0 amide bonds. The van der Waals surface area contributed by atoms with E-state index in [0.29, 0.717) is 0 Å². The minimum Gasteiger partial charge on any atom is -0.393 e. The van der Waals surface area contributed by atoms with Gasteiger partial charge in [0.1, 0.15) is 12.4 Å². The summed E-state index contributed by atoms with van der Waals surface area (Å²) in [5.41, 5.74) is 0. The Morgan fingerprint density at radius 2 is 1.24 bits per heavy atom. The highest BCUT2D eigenvalue weighted by Gasteiger charge is 2.56. The van der Waals surface area contributed by atoms with Crippen molar-refractivity contribution >= 4 is 6.42 Å². The predicted molar refractivity (Wildman–Crippen MR) is 83.0 cm³/mol. The van der Waals surface area contributed by atoms with Gasteiger partial charge in [0, 0.05) is 0 Å². The zero-order valence-corrected chi connectivity index (χ0v) is 13.2. The summed E-state index contributed by atoms with van der Waals surface area (Å²) in [6, 6.07) is 0. The second-order valence-corrected chi connectivity index (χ2v) is 7.34. The van der Waals surface area contributed by atoms with E-state index in [1.165, 1.54) is 38.5 Å². The lowest BCUT2D eigenvalue weighted by atomic mass is 9.24. The monoisotopic (exact) mass is 285 g/mol. The molecule has 2 fully saturated rings. The van der Waals surface area contributed by atoms with Crippen molar-refractivity contribution in [2.24, 2.45) is 14.1 Å². The van der Waals surface area contributed by atoms with Crippen LogP contribution in [0, 0.1) is 0 Å². The van der Waals surface area contributed by atoms with E-state index in [4.69, 9.17) is 0 Å². The highest BCUT2D eigenvalue weighted by Crippen LogP contribution is 2.49. The van der Waals surface area contributed by atoms with Crippen LogP contribution in [0.15, 0.2) is 37.4 Å². The maximum Gasteiger partial charge on any atom is 0.386 e. The lowest BCUT2D eigenvalue weighted by Gasteiger charge is -2.52. The standard InChI is InChI=1S/C16H26BN4/c1-18-9-11-20(13-18)17(21-12-10-19(2)14-21)15-5-3-6-16(17)8-4-7-15/h9-16H,3-8H2,1-2H3/q+1. The fourth-order valence-electron chi connectivity index (χ4n) is 5.50. The molecular formula is C16H26BN4+. The van der Waals surface area contributed by atoms with Crippen LogP contribution in [-0.2, 0) is 14.1 Å². The number of aromatic nitrogens is 4. The Balaban J connectivity index is 1.93. The number of hydrogen-bond donors (Lipinski definition) is 0. The molecule has 2 aromatic rings. The summed E-state index contributed by atoms with van der Waals surface area (Å²) >= 11 is 0. The molecule has 2 bridgehead atoms. The molecule has 4 nitrogen and oxygen atoms in total. The molecule has 0 atom stereocenters. The van der Waals surface area contributed by atoms with E-state index in [1.807, 2.05) is 0 Å². The molecule has 5 heteroatoms. The molecule has 2 aliphatic heterocycles. The van der Waals surface area contributed by atoms with Crippen LogP contribution in [0.5, 0.6) is 0 Å². The first kappa shape index (κ1) is 13.2. The van der Waals surface area contributed by atoms with Crippen molar-refractivity contribution in [3.8, 4) is 0 Å². The number of fused-ring (bicyclic) bond motifs is 2. The van der Waals surface area contributed by atoms with Crippen molar-refractivity contribution in [1.82, 2.24) is 9.13 Å². The average Bonchev–Trinajstić information content (AvgIpc) is 3.06. The van der Waals surface area contributed by atoms with E-state index in [1.54, 1.807) is 0 Å². The second kappa shape index (κ2) is 4.75. The van der Waals surface area contributed by atoms with Crippen molar-refractivity contribution in [1.29, 1.82) is 0 Å². The molecule has 0 aliphatic carbocycles. The molecule has 0 saturated carbocycles. The normalized spacial score (nSPS) is 27.7. The van der Waals surface area contributed by atoms with Crippen molar-refractivity contribution in [2.75, 3.05) is 0 Å². The van der Waals surface area contributed by atoms with E-state index in [-0.39, 0.29) is 0 Å². The number of aryl methyl sites for hydroxylation is 2. The third-order valence-electron chi connectivity index (χ3n) is 6.22. The van der Waals surface area contributed by atoms with Gasteiger partial charge in [0.05, 0.1) is 26.5 Å². The SMILES string of the molecule is Cn1cc[n+]([B-]2([n+]3ccn(C)c3)C3CCCC2CCC3)c1. The summed E-state index contributed by atoms with van der Waals surface area (Å²) in [5.74, 6) is 1.63. The maximum absolute atomic E-state index is 2.56. The van der Waals surface area contributed by atoms with Gasteiger partial charge in [0.2, 0.25) is 0 Å². The van der Waals surface area contributed by atoms with Crippen molar-refractivity contribution in [2.45, 2.75) is 50.2 Å². The van der Waals surface area contributed by atoms with Crippen molar-refractivity contribution in [3.05, 3.63) is 37.4 Å². The van der Waals surface area contributed by atoms with Gasteiger partial charge in [-0.2, -0.15) is 0 Å². The van der Waals surface area contributed by atoms with Gasteiger partial charge in [-0.15, -0.1) is 0 Å². The van der Waals surface area contributed by atoms with Crippen molar-refractivity contribution in [3.63, 3.8) is 0 Å². The predicted octanol–water partition coefficient (Wildman–Crippen LogP) is 1.89. The molecule has 0 N–H and O–H groups in total. The van der Waals surface area contributed by atoms with Crippen LogP contribution in [0.25, 0.3) is 0 Å². The first-order valence-electron chi connectivity index (χ1n) is 8.44. The van der Waals surface area contributed by atoms with Gasteiger partial charge in [0.15, 0.2) is 12.7 Å². The zero-order chi connectivity index (χ0) is 14.4. The Morgan fingerprint density at radius 3 is 1.57 bits per heavy atom. The molecule has 4 rings (SSSR count). The molecule has 21 heavy (non-hydrogen) atoms. The minimum absolute atomic E-state index is 0.726. The zero-order valence-electron chi connectivity index (χ0n) is 13.2. The summed E-state index contributed by atoms with van der Waals surface area (Å²) in [4.78, 5) is 0. The van der Waals surface area contributed by atoms with Gasteiger partial charge in [-0.1, -0.05) is 50.2 Å². The molecule has 4 heterocycles. The molecule has 2 aromatic heterocycles. The van der Waals surface area contributed by atoms with E-state index >= 15 is 0 Å². The Bertz CT molecular complexity index is 580. The maximum atomic E-state index is 2.56. The van der Waals surface area contributed by atoms with Gasteiger partial charge >= 0.3 is 6.42 Å². The third kappa shape index (κ3) is 1.82. The van der Waals surface area contributed by atoms with Crippen LogP contribution in [0.1, 0.15) is 38.5 Å². The van der Waals surface area contributed by atoms with Crippen LogP contribution in [0.4, 0.5) is 0 Å². The Hall–Kier alpha value is -1.52. The number of nitrogens with zero attached hydrogens (tertiary/aromatic N) is 4. The second-order valence-electron chi connectivity index (χ2n) is 7.34. The van der Waals surface area contributed by atoms with Crippen LogP contribution in [-0.4, -0.2) is 15.6 Å². The molecule has 2 saturated heterocycles. The first-order valence-corrected chi connectivity index (χ1v) is 8.44. The Morgan fingerprint density at radius 1 is 0.810 bits per heavy atom. The Kier molecular flexibility index (Phi) is 2.98. The summed E-state index contributed by atoms with van der Waals surface area (Å²) < 4.78 is 9.51. The van der Waals surface area contributed by atoms with Gasteiger partial charge in [-0.3, -0.25) is 0 Å². The smallest absolute Gasteiger partial charge is 0.386 e. The first-order chi connectivity index (χ1) is 10.2. The lowest BCUT2D eigenvalue weighted by molar-refractivity contribution is -0.695. The number of rotatable bonds is 2. The Labute approximate surface area is 127 Å². The molecule has 2 aliphatic rings. The summed E-state index contributed by atoms with van der Waals surface area (Å²) in [7, 11) is 4.27. The molecule has 112 valence electrons. The molecular weight excluding hydrogens is 259 g/mol. The van der Waals surface area contributed by atoms with E-state index in [0.717, 1.165) is 11.6 Å². The molecule has 0 aromatic carbocycles. The van der Waals surface area contributed by atoms with Crippen LogP contribution < -0.4 is 8.96 Å². The number of hydrogen-bond acceptors (Lipinski definition) is 0. The van der Waals surface area contributed by atoms with E-state index in [2.05, 4.69) is 69.6 Å². The van der Waals surface area contributed by atoms with Gasteiger partial charge in [-0.25, -0.2) is 9.13 Å². The highest BCUT2D eigenvalue weighted by molar-refractivity contribution is 6.66.